The highest BCUT2D eigenvalue weighted by Gasteiger charge is 2.35. The Morgan fingerprint density at radius 1 is 1.33 bits per heavy atom. The molecule has 1 saturated heterocycles. The molecule has 7 heteroatoms. The van der Waals surface area contributed by atoms with Crippen LogP contribution >= 0.6 is 27.7 Å². The van der Waals surface area contributed by atoms with E-state index in [4.69, 9.17) is 4.74 Å². The molecule has 0 bridgehead atoms. The summed E-state index contributed by atoms with van der Waals surface area (Å²) in [4.78, 5) is 19.6. The minimum absolute atomic E-state index is 0.0366. The lowest BCUT2D eigenvalue weighted by molar-refractivity contribution is -0.123. The van der Waals surface area contributed by atoms with Crippen LogP contribution in [0, 0.1) is 0 Å². The zero-order valence-corrected chi connectivity index (χ0v) is 16.7. The topological polar surface area (TPSA) is 62.1 Å². The van der Waals surface area contributed by atoms with Crippen LogP contribution in [-0.2, 0) is 4.79 Å². The third-order valence-electron chi connectivity index (χ3n) is 3.29. The van der Waals surface area contributed by atoms with Crippen LogP contribution < -0.4 is 4.74 Å². The molecule has 1 aromatic rings. The van der Waals surface area contributed by atoms with Crippen LogP contribution in [0.25, 0.3) is 6.08 Å². The Hall–Kier alpha value is -1.47. The SMILES string of the molecule is COc1cc(/C=C2/SC(=NC(C)C)N(C(C)C)C2=O)cc(Br)c1O. The van der Waals surface area contributed by atoms with Crippen molar-refractivity contribution in [3.8, 4) is 11.5 Å². The molecule has 1 fully saturated rings. The number of halogens is 1. The normalized spacial score (nSPS) is 18.5. The highest BCUT2D eigenvalue weighted by atomic mass is 79.9. The highest BCUT2D eigenvalue weighted by Crippen LogP contribution is 2.38. The second-order valence-electron chi connectivity index (χ2n) is 5.94. The van der Waals surface area contributed by atoms with E-state index in [1.807, 2.05) is 27.7 Å². The Morgan fingerprint density at radius 3 is 2.54 bits per heavy atom. The maximum atomic E-state index is 12.7. The van der Waals surface area contributed by atoms with Crippen molar-refractivity contribution in [2.45, 2.75) is 39.8 Å². The summed E-state index contributed by atoms with van der Waals surface area (Å²) in [5, 5.41) is 10.6. The molecule has 0 radical (unpaired) electrons. The smallest absolute Gasteiger partial charge is 0.266 e. The molecule has 1 aliphatic rings. The van der Waals surface area contributed by atoms with E-state index < -0.39 is 0 Å². The molecule has 0 aromatic heterocycles. The van der Waals surface area contributed by atoms with Crippen molar-refractivity contribution in [2.75, 3.05) is 7.11 Å². The zero-order chi connectivity index (χ0) is 18.0. The van der Waals surface area contributed by atoms with E-state index >= 15 is 0 Å². The van der Waals surface area contributed by atoms with Gasteiger partial charge in [-0.2, -0.15) is 0 Å². The zero-order valence-electron chi connectivity index (χ0n) is 14.3. The number of thioether (sulfide) groups is 1. The molecule has 1 aliphatic heterocycles. The number of amides is 1. The molecular weight excluding hydrogens is 392 g/mol. The molecule has 0 aliphatic carbocycles. The lowest BCUT2D eigenvalue weighted by atomic mass is 10.2. The summed E-state index contributed by atoms with van der Waals surface area (Å²) in [6.45, 7) is 7.91. The van der Waals surface area contributed by atoms with Crippen molar-refractivity contribution in [3.05, 3.63) is 27.1 Å². The number of phenols is 1. The minimum Gasteiger partial charge on any atom is -0.503 e. The maximum absolute atomic E-state index is 12.7. The summed E-state index contributed by atoms with van der Waals surface area (Å²) in [6.07, 6.45) is 1.79. The van der Waals surface area contributed by atoms with E-state index in [0.717, 1.165) is 10.7 Å². The molecule has 1 amide bonds. The Kier molecular flexibility index (Phi) is 5.98. The van der Waals surface area contributed by atoms with Crippen molar-refractivity contribution in [3.63, 3.8) is 0 Å². The van der Waals surface area contributed by atoms with Crippen LogP contribution in [0.3, 0.4) is 0 Å². The van der Waals surface area contributed by atoms with Crippen LogP contribution in [0.1, 0.15) is 33.3 Å². The van der Waals surface area contributed by atoms with Gasteiger partial charge in [0.25, 0.3) is 5.91 Å². The van der Waals surface area contributed by atoms with Gasteiger partial charge in [0.15, 0.2) is 16.7 Å². The van der Waals surface area contributed by atoms with E-state index in [9.17, 15) is 9.90 Å². The average molecular weight is 413 g/mol. The van der Waals surface area contributed by atoms with Gasteiger partial charge in [0.05, 0.1) is 16.5 Å². The number of methoxy groups -OCH3 is 1. The van der Waals surface area contributed by atoms with Gasteiger partial charge in [-0.1, -0.05) is 0 Å². The number of hydrogen-bond acceptors (Lipinski definition) is 5. The number of ether oxygens (including phenoxy) is 1. The molecule has 1 N–H and O–H groups in total. The number of phenolic OH excluding ortho intramolecular Hbond substituents is 1. The summed E-state index contributed by atoms with van der Waals surface area (Å²) in [6, 6.07) is 3.59. The predicted octanol–water partition coefficient (Wildman–Crippen LogP) is 4.25. The molecule has 1 heterocycles. The molecule has 0 unspecified atom stereocenters. The quantitative estimate of drug-likeness (QED) is 0.750. The second-order valence-corrected chi connectivity index (χ2v) is 7.80. The molecule has 24 heavy (non-hydrogen) atoms. The molecule has 1 aromatic carbocycles. The predicted molar refractivity (Wildman–Crippen MR) is 102 cm³/mol. The van der Waals surface area contributed by atoms with E-state index in [0.29, 0.717) is 15.1 Å². The van der Waals surface area contributed by atoms with Gasteiger partial charge in [-0.3, -0.25) is 14.7 Å². The first-order chi connectivity index (χ1) is 11.2. The van der Waals surface area contributed by atoms with Crippen molar-refractivity contribution in [1.82, 2.24) is 4.90 Å². The largest absolute Gasteiger partial charge is 0.503 e. The maximum Gasteiger partial charge on any atom is 0.266 e. The van der Waals surface area contributed by atoms with Gasteiger partial charge in [0, 0.05) is 12.1 Å². The van der Waals surface area contributed by atoms with Crippen LogP contribution in [0.4, 0.5) is 0 Å². The van der Waals surface area contributed by atoms with Gasteiger partial charge in [0.2, 0.25) is 0 Å². The van der Waals surface area contributed by atoms with Crippen LogP contribution in [0.5, 0.6) is 11.5 Å². The highest BCUT2D eigenvalue weighted by molar-refractivity contribution is 9.10. The van der Waals surface area contributed by atoms with E-state index in [-0.39, 0.29) is 23.7 Å². The Balaban J connectivity index is 2.44. The summed E-state index contributed by atoms with van der Waals surface area (Å²) in [7, 11) is 1.49. The molecule has 5 nitrogen and oxygen atoms in total. The van der Waals surface area contributed by atoms with Crippen LogP contribution in [0.15, 0.2) is 26.5 Å². The number of rotatable bonds is 4. The number of aromatic hydroxyl groups is 1. The van der Waals surface area contributed by atoms with Gasteiger partial charge in [0.1, 0.15) is 0 Å². The van der Waals surface area contributed by atoms with Crippen molar-refractivity contribution < 1.29 is 14.6 Å². The first-order valence-corrected chi connectivity index (χ1v) is 9.23. The molecular formula is C17H21BrN2O3S. The number of nitrogens with zero attached hydrogens (tertiary/aromatic N) is 2. The number of carbonyl (C=O) groups excluding carboxylic acids is 1. The summed E-state index contributed by atoms with van der Waals surface area (Å²) in [5.41, 5.74) is 0.766. The van der Waals surface area contributed by atoms with Crippen molar-refractivity contribution in [2.24, 2.45) is 4.99 Å². The number of benzene rings is 1. The van der Waals surface area contributed by atoms with Crippen LogP contribution in [-0.4, -0.2) is 40.3 Å². The first kappa shape index (κ1) is 18.9. The van der Waals surface area contributed by atoms with Crippen molar-refractivity contribution in [1.29, 1.82) is 0 Å². The van der Waals surface area contributed by atoms with E-state index in [1.165, 1.54) is 18.9 Å². The average Bonchev–Trinajstić information content (AvgIpc) is 2.77. The number of hydrogen-bond donors (Lipinski definition) is 1. The van der Waals surface area contributed by atoms with E-state index in [1.54, 1.807) is 23.1 Å². The second kappa shape index (κ2) is 7.61. The third-order valence-corrected chi connectivity index (χ3v) is 4.89. The fraction of sp³-hybridized carbons (Fsp3) is 0.412. The summed E-state index contributed by atoms with van der Waals surface area (Å²) in [5.74, 6) is 0.330. The standard InChI is InChI=1S/C17H21BrN2O3S/c1-9(2)19-17-20(10(3)4)16(22)14(24-17)8-11-6-12(18)15(21)13(7-11)23-5/h6-10,21H,1-5H3/b14-8+,19-17?. The molecule has 0 atom stereocenters. The van der Waals surface area contributed by atoms with Gasteiger partial charge in [-0.15, -0.1) is 0 Å². The van der Waals surface area contributed by atoms with Gasteiger partial charge in [-0.25, -0.2) is 0 Å². The summed E-state index contributed by atoms with van der Waals surface area (Å²) >= 11 is 4.67. The fourth-order valence-corrected chi connectivity index (χ4v) is 3.93. The number of amidine groups is 1. The number of aliphatic imine (C=N–C) groups is 1. The Morgan fingerprint density at radius 2 is 2.00 bits per heavy atom. The molecule has 0 saturated carbocycles. The lowest BCUT2D eigenvalue weighted by Gasteiger charge is -2.20. The lowest BCUT2D eigenvalue weighted by Crippen LogP contribution is -2.35. The Labute approximate surface area is 154 Å². The van der Waals surface area contributed by atoms with E-state index in [2.05, 4.69) is 20.9 Å². The summed E-state index contributed by atoms with van der Waals surface area (Å²) < 4.78 is 5.67. The van der Waals surface area contributed by atoms with Gasteiger partial charge < -0.3 is 9.84 Å². The molecule has 130 valence electrons. The van der Waals surface area contributed by atoms with Gasteiger partial charge >= 0.3 is 0 Å². The molecule has 2 rings (SSSR count). The minimum atomic E-state index is -0.0578. The monoisotopic (exact) mass is 412 g/mol. The van der Waals surface area contributed by atoms with Crippen LogP contribution in [0.2, 0.25) is 0 Å². The number of carbonyl (C=O) groups is 1. The van der Waals surface area contributed by atoms with Gasteiger partial charge in [-0.05, 0) is 79.2 Å². The Bertz CT molecular complexity index is 714. The molecule has 0 spiro atoms. The first-order valence-electron chi connectivity index (χ1n) is 7.62. The van der Waals surface area contributed by atoms with Crippen molar-refractivity contribution >= 4 is 44.8 Å². The fourth-order valence-electron chi connectivity index (χ4n) is 2.24. The third kappa shape index (κ3) is 3.95.